The zero-order chi connectivity index (χ0) is 10.9. The minimum atomic E-state index is 0.155. The third-order valence-electron chi connectivity index (χ3n) is 3.13. The topological polar surface area (TPSA) is 46.3 Å². The standard InChI is InChI=1S/C11H22N2O/c1-7(2)11(12)9-5-10(14)13(6-9)8(3)4/h7-9,11H,5-6,12H2,1-4H3. The lowest BCUT2D eigenvalue weighted by atomic mass is 9.90. The van der Waals surface area contributed by atoms with Crippen LogP contribution in [0.4, 0.5) is 0 Å². The largest absolute Gasteiger partial charge is 0.340 e. The number of hydrogen-bond acceptors (Lipinski definition) is 2. The summed E-state index contributed by atoms with van der Waals surface area (Å²) >= 11 is 0. The zero-order valence-corrected chi connectivity index (χ0v) is 9.66. The van der Waals surface area contributed by atoms with Crippen molar-refractivity contribution in [1.82, 2.24) is 4.90 Å². The van der Waals surface area contributed by atoms with Gasteiger partial charge >= 0.3 is 0 Å². The van der Waals surface area contributed by atoms with E-state index in [-0.39, 0.29) is 11.9 Å². The average Bonchev–Trinajstić information content (AvgIpc) is 2.45. The van der Waals surface area contributed by atoms with Gasteiger partial charge in [-0.25, -0.2) is 0 Å². The van der Waals surface area contributed by atoms with Crippen LogP contribution in [-0.4, -0.2) is 29.4 Å². The smallest absolute Gasteiger partial charge is 0.223 e. The lowest BCUT2D eigenvalue weighted by Crippen LogP contribution is -2.38. The Balaban J connectivity index is 2.58. The number of rotatable bonds is 3. The van der Waals surface area contributed by atoms with E-state index in [9.17, 15) is 4.79 Å². The molecule has 0 aromatic carbocycles. The van der Waals surface area contributed by atoms with E-state index in [1.54, 1.807) is 0 Å². The third kappa shape index (κ3) is 2.27. The number of hydrogen-bond donors (Lipinski definition) is 1. The van der Waals surface area contributed by atoms with Crippen molar-refractivity contribution in [2.24, 2.45) is 17.6 Å². The van der Waals surface area contributed by atoms with Crippen molar-refractivity contribution in [3.63, 3.8) is 0 Å². The molecule has 82 valence electrons. The molecule has 0 saturated carbocycles. The predicted octanol–water partition coefficient (Wildman–Crippen LogP) is 1.23. The molecule has 0 aromatic rings. The molecule has 2 atom stereocenters. The molecule has 0 spiro atoms. The van der Waals surface area contributed by atoms with Crippen molar-refractivity contribution in [3.05, 3.63) is 0 Å². The van der Waals surface area contributed by atoms with Crippen LogP contribution >= 0.6 is 0 Å². The van der Waals surface area contributed by atoms with Gasteiger partial charge in [-0.3, -0.25) is 4.79 Å². The molecular formula is C11H22N2O. The summed E-state index contributed by atoms with van der Waals surface area (Å²) in [5.41, 5.74) is 6.07. The molecule has 1 heterocycles. The van der Waals surface area contributed by atoms with Crippen molar-refractivity contribution < 1.29 is 4.79 Å². The minimum Gasteiger partial charge on any atom is -0.340 e. The maximum Gasteiger partial charge on any atom is 0.223 e. The van der Waals surface area contributed by atoms with Crippen LogP contribution in [0.1, 0.15) is 34.1 Å². The van der Waals surface area contributed by atoms with Crippen molar-refractivity contribution in [2.45, 2.75) is 46.2 Å². The molecular weight excluding hydrogens is 176 g/mol. The Hall–Kier alpha value is -0.570. The summed E-state index contributed by atoms with van der Waals surface area (Å²) in [6.07, 6.45) is 0.636. The van der Waals surface area contributed by atoms with Gasteiger partial charge in [0, 0.05) is 31.0 Å². The lowest BCUT2D eigenvalue weighted by molar-refractivity contribution is -0.129. The Labute approximate surface area is 86.6 Å². The fourth-order valence-corrected chi connectivity index (χ4v) is 2.06. The molecule has 1 aliphatic rings. The van der Waals surface area contributed by atoms with Crippen LogP contribution in [0.25, 0.3) is 0 Å². The van der Waals surface area contributed by atoms with E-state index in [2.05, 4.69) is 27.7 Å². The van der Waals surface area contributed by atoms with Crippen molar-refractivity contribution in [3.8, 4) is 0 Å². The molecule has 1 saturated heterocycles. The van der Waals surface area contributed by atoms with Crippen LogP contribution in [0, 0.1) is 11.8 Å². The molecule has 3 heteroatoms. The summed E-state index contributed by atoms with van der Waals surface area (Å²) in [7, 11) is 0. The zero-order valence-electron chi connectivity index (χ0n) is 9.66. The first-order chi connectivity index (χ1) is 6.43. The first-order valence-electron chi connectivity index (χ1n) is 5.48. The van der Waals surface area contributed by atoms with E-state index < -0.39 is 0 Å². The van der Waals surface area contributed by atoms with E-state index in [0.717, 1.165) is 6.54 Å². The van der Waals surface area contributed by atoms with Gasteiger partial charge in [0.1, 0.15) is 0 Å². The van der Waals surface area contributed by atoms with E-state index >= 15 is 0 Å². The maximum atomic E-state index is 11.6. The maximum absolute atomic E-state index is 11.6. The summed E-state index contributed by atoms with van der Waals surface area (Å²) in [6, 6.07) is 0.467. The average molecular weight is 198 g/mol. The molecule has 0 radical (unpaired) electrons. The normalized spacial score (nSPS) is 25.2. The Morgan fingerprint density at radius 1 is 1.36 bits per heavy atom. The molecule has 0 aromatic heterocycles. The highest BCUT2D eigenvalue weighted by atomic mass is 16.2. The Bertz CT molecular complexity index is 213. The number of nitrogens with zero attached hydrogens (tertiary/aromatic N) is 1. The molecule has 1 rings (SSSR count). The first kappa shape index (κ1) is 11.5. The second kappa shape index (κ2) is 4.30. The van der Waals surface area contributed by atoms with Crippen LogP contribution in [0.2, 0.25) is 0 Å². The molecule has 2 N–H and O–H groups in total. The van der Waals surface area contributed by atoms with Crippen LogP contribution in [0.3, 0.4) is 0 Å². The van der Waals surface area contributed by atoms with Gasteiger partial charge in [-0.2, -0.15) is 0 Å². The quantitative estimate of drug-likeness (QED) is 0.741. The van der Waals surface area contributed by atoms with Gasteiger partial charge in [0.2, 0.25) is 5.91 Å². The third-order valence-corrected chi connectivity index (χ3v) is 3.13. The van der Waals surface area contributed by atoms with Gasteiger partial charge in [0.15, 0.2) is 0 Å². The summed E-state index contributed by atoms with van der Waals surface area (Å²) in [5, 5.41) is 0. The van der Waals surface area contributed by atoms with E-state index in [1.165, 1.54) is 0 Å². The minimum absolute atomic E-state index is 0.155. The van der Waals surface area contributed by atoms with Gasteiger partial charge in [-0.15, -0.1) is 0 Å². The van der Waals surface area contributed by atoms with E-state index in [0.29, 0.717) is 24.3 Å². The number of carbonyl (C=O) groups excluding carboxylic acids is 1. The molecule has 0 aliphatic carbocycles. The van der Waals surface area contributed by atoms with Crippen LogP contribution in [-0.2, 0) is 4.79 Å². The number of amides is 1. The first-order valence-corrected chi connectivity index (χ1v) is 5.48. The summed E-state index contributed by atoms with van der Waals surface area (Å²) in [5.74, 6) is 1.07. The Morgan fingerprint density at radius 2 is 1.93 bits per heavy atom. The SMILES string of the molecule is CC(C)C(N)C1CC(=O)N(C(C)C)C1. The molecule has 14 heavy (non-hydrogen) atoms. The molecule has 2 unspecified atom stereocenters. The highest BCUT2D eigenvalue weighted by molar-refractivity contribution is 5.79. The number of likely N-dealkylation sites (tertiary alicyclic amines) is 1. The van der Waals surface area contributed by atoms with Crippen molar-refractivity contribution in [2.75, 3.05) is 6.54 Å². The molecule has 0 bridgehead atoms. The molecule has 1 aliphatic heterocycles. The summed E-state index contributed by atoms with van der Waals surface area (Å²) in [4.78, 5) is 13.6. The number of carbonyl (C=O) groups is 1. The second-order valence-corrected chi connectivity index (χ2v) is 4.93. The van der Waals surface area contributed by atoms with E-state index in [4.69, 9.17) is 5.73 Å². The second-order valence-electron chi connectivity index (χ2n) is 4.93. The van der Waals surface area contributed by atoms with Crippen molar-refractivity contribution >= 4 is 5.91 Å². The lowest BCUT2D eigenvalue weighted by Gasteiger charge is -2.24. The summed E-state index contributed by atoms with van der Waals surface area (Å²) in [6.45, 7) is 9.19. The predicted molar refractivity (Wildman–Crippen MR) is 57.8 cm³/mol. The van der Waals surface area contributed by atoms with Crippen LogP contribution < -0.4 is 5.73 Å². The van der Waals surface area contributed by atoms with Crippen molar-refractivity contribution in [1.29, 1.82) is 0 Å². The molecule has 1 amide bonds. The highest BCUT2D eigenvalue weighted by Gasteiger charge is 2.35. The van der Waals surface area contributed by atoms with Gasteiger partial charge in [-0.1, -0.05) is 13.8 Å². The molecule has 3 nitrogen and oxygen atoms in total. The monoisotopic (exact) mass is 198 g/mol. The molecule has 1 fully saturated rings. The highest BCUT2D eigenvalue weighted by Crippen LogP contribution is 2.24. The van der Waals surface area contributed by atoms with Gasteiger partial charge in [0.05, 0.1) is 0 Å². The van der Waals surface area contributed by atoms with Gasteiger partial charge in [-0.05, 0) is 19.8 Å². The van der Waals surface area contributed by atoms with Crippen LogP contribution in [0.15, 0.2) is 0 Å². The Kier molecular flexibility index (Phi) is 3.53. The Morgan fingerprint density at radius 3 is 2.29 bits per heavy atom. The fraction of sp³-hybridized carbons (Fsp3) is 0.909. The van der Waals surface area contributed by atoms with Crippen LogP contribution in [0.5, 0.6) is 0 Å². The fourth-order valence-electron chi connectivity index (χ4n) is 2.06. The number of nitrogens with two attached hydrogens (primary N) is 1. The summed E-state index contributed by atoms with van der Waals surface area (Å²) < 4.78 is 0. The van der Waals surface area contributed by atoms with Gasteiger partial charge in [0.25, 0.3) is 0 Å². The van der Waals surface area contributed by atoms with Gasteiger partial charge < -0.3 is 10.6 Å². The van der Waals surface area contributed by atoms with E-state index in [1.807, 2.05) is 4.90 Å².